The van der Waals surface area contributed by atoms with E-state index in [1.54, 1.807) is 0 Å². The van der Waals surface area contributed by atoms with E-state index >= 15 is 0 Å². The van der Waals surface area contributed by atoms with Gasteiger partial charge in [0.1, 0.15) is 0 Å². The maximum Gasteiger partial charge on any atom is 0.254 e. The van der Waals surface area contributed by atoms with Gasteiger partial charge in [-0.25, -0.2) is 0 Å². The smallest absolute Gasteiger partial charge is 0.254 e. The summed E-state index contributed by atoms with van der Waals surface area (Å²) in [6, 6.07) is 10.4. The Hall–Kier alpha value is -2.49. The highest BCUT2D eigenvalue weighted by molar-refractivity contribution is 5.94. The Morgan fingerprint density at radius 3 is 2.30 bits per heavy atom. The molecular weight excluding hydrogens is 338 g/mol. The Morgan fingerprint density at radius 1 is 0.889 bits per heavy atom. The largest absolute Gasteiger partial charge is 0.490 e. The second kappa shape index (κ2) is 7.63. The number of benzene rings is 2. The molecule has 0 saturated heterocycles. The van der Waals surface area contributed by atoms with Gasteiger partial charge >= 0.3 is 0 Å². The third-order valence-corrected chi connectivity index (χ3v) is 5.51. The molecule has 142 valence electrons. The summed E-state index contributed by atoms with van der Waals surface area (Å²) in [6.45, 7) is 6.52. The third-order valence-electron chi connectivity index (χ3n) is 5.51. The van der Waals surface area contributed by atoms with Crippen LogP contribution in [0.3, 0.4) is 0 Å². The van der Waals surface area contributed by atoms with Gasteiger partial charge in [0, 0.05) is 18.7 Å². The first-order chi connectivity index (χ1) is 13.2. The van der Waals surface area contributed by atoms with Gasteiger partial charge in [-0.1, -0.05) is 6.07 Å². The number of rotatable bonds is 5. The predicted molar refractivity (Wildman–Crippen MR) is 106 cm³/mol. The topological polar surface area (TPSA) is 38.8 Å². The van der Waals surface area contributed by atoms with Gasteiger partial charge in [0.05, 0.1) is 13.2 Å². The molecular formula is C23H27NO3. The number of carbonyl (C=O) groups excluding carboxylic acids is 1. The molecule has 4 heteroatoms. The fourth-order valence-corrected chi connectivity index (χ4v) is 4.16. The normalized spacial score (nSPS) is 15.3. The van der Waals surface area contributed by atoms with Gasteiger partial charge in [0.15, 0.2) is 11.5 Å². The minimum absolute atomic E-state index is 0.127. The summed E-state index contributed by atoms with van der Waals surface area (Å²) in [6.07, 6.45) is 4.28. The molecule has 0 bridgehead atoms. The third kappa shape index (κ3) is 3.53. The average Bonchev–Trinajstić information content (AvgIpc) is 3.15. The van der Waals surface area contributed by atoms with Crippen molar-refractivity contribution in [2.45, 2.75) is 46.1 Å². The Balaban J connectivity index is 1.57. The first kappa shape index (κ1) is 17.9. The van der Waals surface area contributed by atoms with E-state index in [9.17, 15) is 4.79 Å². The van der Waals surface area contributed by atoms with E-state index in [0.29, 0.717) is 19.8 Å². The summed E-state index contributed by atoms with van der Waals surface area (Å²) in [4.78, 5) is 15.0. The minimum Gasteiger partial charge on any atom is -0.490 e. The highest BCUT2D eigenvalue weighted by Crippen LogP contribution is 2.34. The number of aryl methyl sites for hydroxylation is 2. The van der Waals surface area contributed by atoms with Crippen LogP contribution in [0.1, 0.15) is 52.9 Å². The molecule has 0 unspecified atom stereocenters. The van der Waals surface area contributed by atoms with Gasteiger partial charge in [-0.05, 0) is 86.1 Å². The summed E-state index contributed by atoms with van der Waals surface area (Å²) in [7, 11) is 0. The molecule has 0 radical (unpaired) electrons. The van der Waals surface area contributed by atoms with Crippen molar-refractivity contribution in [3.8, 4) is 11.5 Å². The van der Waals surface area contributed by atoms with Crippen LogP contribution in [0.2, 0.25) is 0 Å². The van der Waals surface area contributed by atoms with Gasteiger partial charge in [-0.15, -0.1) is 0 Å². The monoisotopic (exact) mass is 365 g/mol. The molecule has 2 aromatic carbocycles. The Morgan fingerprint density at radius 2 is 1.56 bits per heavy atom. The van der Waals surface area contributed by atoms with Crippen LogP contribution in [0.5, 0.6) is 11.5 Å². The van der Waals surface area contributed by atoms with Crippen molar-refractivity contribution in [3.63, 3.8) is 0 Å². The summed E-state index contributed by atoms with van der Waals surface area (Å²) in [5.74, 6) is 1.70. The second-order valence-corrected chi connectivity index (χ2v) is 7.25. The molecule has 1 aliphatic carbocycles. The van der Waals surface area contributed by atoms with Crippen LogP contribution >= 0.6 is 0 Å². The van der Waals surface area contributed by atoms with Gasteiger partial charge < -0.3 is 14.4 Å². The molecule has 0 fully saturated rings. The van der Waals surface area contributed by atoms with Gasteiger partial charge in [-0.3, -0.25) is 4.79 Å². The zero-order valence-corrected chi connectivity index (χ0v) is 16.2. The number of nitrogens with zero attached hydrogens (tertiary/aromatic N) is 1. The Kier molecular flexibility index (Phi) is 5.06. The van der Waals surface area contributed by atoms with Crippen molar-refractivity contribution in [2.24, 2.45) is 0 Å². The molecule has 0 atom stereocenters. The Labute approximate surface area is 161 Å². The zero-order chi connectivity index (χ0) is 18.8. The fourth-order valence-electron chi connectivity index (χ4n) is 4.16. The number of amides is 1. The van der Waals surface area contributed by atoms with Crippen LogP contribution in [-0.2, 0) is 25.8 Å². The van der Waals surface area contributed by atoms with E-state index in [2.05, 4.69) is 18.2 Å². The molecule has 2 aromatic rings. The summed E-state index contributed by atoms with van der Waals surface area (Å²) in [5.41, 5.74) is 5.97. The van der Waals surface area contributed by atoms with Crippen molar-refractivity contribution in [1.82, 2.24) is 4.90 Å². The molecule has 4 rings (SSSR count). The standard InChI is InChI=1S/C23H27NO3/c1-3-26-21-13-18-10-11-24(15-20(18)14-22(21)27-4-2)23(25)19-9-8-16-6-5-7-17(16)12-19/h8-9,12-14H,3-7,10-11,15H2,1-2H3. The molecule has 0 saturated carbocycles. The first-order valence-electron chi connectivity index (χ1n) is 10.0. The Bertz CT molecular complexity index is 859. The van der Waals surface area contributed by atoms with E-state index in [4.69, 9.17) is 9.47 Å². The van der Waals surface area contributed by atoms with Gasteiger partial charge in [0.25, 0.3) is 5.91 Å². The predicted octanol–water partition coefficient (Wildman–Crippen LogP) is 4.17. The fraction of sp³-hybridized carbons (Fsp3) is 0.435. The van der Waals surface area contributed by atoms with E-state index in [1.807, 2.05) is 30.9 Å². The van der Waals surface area contributed by atoms with Crippen molar-refractivity contribution in [1.29, 1.82) is 0 Å². The molecule has 1 heterocycles. The summed E-state index contributed by atoms with van der Waals surface area (Å²) >= 11 is 0. The lowest BCUT2D eigenvalue weighted by molar-refractivity contribution is 0.0734. The summed E-state index contributed by atoms with van der Waals surface area (Å²) < 4.78 is 11.5. The van der Waals surface area contributed by atoms with E-state index in [1.165, 1.54) is 23.1 Å². The van der Waals surface area contributed by atoms with Crippen molar-refractivity contribution >= 4 is 5.91 Å². The highest BCUT2D eigenvalue weighted by atomic mass is 16.5. The number of fused-ring (bicyclic) bond motifs is 2. The SMILES string of the molecule is CCOc1cc2c(cc1OCC)CN(C(=O)c1ccc3c(c1)CCC3)CC2. The van der Waals surface area contributed by atoms with E-state index < -0.39 is 0 Å². The maximum atomic E-state index is 13.1. The van der Waals surface area contributed by atoms with Gasteiger partial charge in [0.2, 0.25) is 0 Å². The van der Waals surface area contributed by atoms with Crippen LogP contribution < -0.4 is 9.47 Å². The molecule has 4 nitrogen and oxygen atoms in total. The lowest BCUT2D eigenvalue weighted by Crippen LogP contribution is -2.36. The van der Waals surface area contributed by atoms with Crippen molar-refractivity contribution < 1.29 is 14.3 Å². The molecule has 0 N–H and O–H groups in total. The van der Waals surface area contributed by atoms with Crippen LogP contribution in [0.15, 0.2) is 30.3 Å². The number of carbonyl (C=O) groups is 1. The zero-order valence-electron chi connectivity index (χ0n) is 16.2. The minimum atomic E-state index is 0.127. The van der Waals surface area contributed by atoms with Crippen LogP contribution in [0, 0.1) is 0 Å². The number of hydrogen-bond donors (Lipinski definition) is 0. The highest BCUT2D eigenvalue weighted by Gasteiger charge is 2.24. The lowest BCUT2D eigenvalue weighted by Gasteiger charge is -2.30. The number of hydrogen-bond acceptors (Lipinski definition) is 3. The molecule has 27 heavy (non-hydrogen) atoms. The lowest BCUT2D eigenvalue weighted by atomic mass is 9.97. The van der Waals surface area contributed by atoms with Gasteiger partial charge in [-0.2, -0.15) is 0 Å². The average molecular weight is 365 g/mol. The maximum absolute atomic E-state index is 13.1. The van der Waals surface area contributed by atoms with Crippen LogP contribution in [-0.4, -0.2) is 30.6 Å². The molecule has 1 aliphatic heterocycles. The quantitative estimate of drug-likeness (QED) is 0.798. The molecule has 2 aliphatic rings. The van der Waals surface area contributed by atoms with Crippen molar-refractivity contribution in [2.75, 3.05) is 19.8 Å². The van der Waals surface area contributed by atoms with E-state index in [-0.39, 0.29) is 5.91 Å². The van der Waals surface area contributed by atoms with Crippen molar-refractivity contribution in [3.05, 3.63) is 58.1 Å². The van der Waals surface area contributed by atoms with E-state index in [0.717, 1.165) is 48.4 Å². The first-order valence-corrected chi connectivity index (χ1v) is 10.0. The number of ether oxygens (including phenoxy) is 2. The molecule has 0 aromatic heterocycles. The second-order valence-electron chi connectivity index (χ2n) is 7.25. The van der Waals surface area contributed by atoms with Crippen LogP contribution in [0.4, 0.5) is 0 Å². The molecule has 1 amide bonds. The van der Waals surface area contributed by atoms with Crippen LogP contribution in [0.25, 0.3) is 0 Å². The molecule has 0 spiro atoms. The summed E-state index contributed by atoms with van der Waals surface area (Å²) in [5, 5.41) is 0.